The third kappa shape index (κ3) is 9.14. The van der Waals surface area contributed by atoms with Gasteiger partial charge in [-0.1, -0.05) is 25.2 Å². The van der Waals surface area contributed by atoms with Crippen LogP contribution in [0.4, 0.5) is 0 Å². The van der Waals surface area contributed by atoms with E-state index in [2.05, 4.69) is 22.2 Å². The van der Waals surface area contributed by atoms with Crippen molar-refractivity contribution < 1.29 is 24.2 Å². The summed E-state index contributed by atoms with van der Waals surface area (Å²) in [4.78, 5) is 36.2. The average molecular weight is 396 g/mol. The Morgan fingerprint density at radius 2 is 2.14 bits per heavy atom. The average Bonchev–Trinajstić information content (AvgIpc) is 2.71. The number of hydrogen-bond donors (Lipinski definition) is 2. The van der Waals surface area contributed by atoms with Crippen LogP contribution in [-0.4, -0.2) is 85.7 Å². The van der Waals surface area contributed by atoms with Crippen LogP contribution in [0.25, 0.3) is 0 Å². The SMILES string of the molecule is CCC1CN(C(=O)CCNC)CCN1CC(=O)O.O=COCC1=CCCC=C1. The first-order chi connectivity index (χ1) is 13.5. The Kier molecular flexibility index (Phi) is 11.8. The molecule has 8 heteroatoms. The van der Waals surface area contributed by atoms with Crippen LogP contribution in [0.2, 0.25) is 0 Å². The first kappa shape index (κ1) is 23.8. The van der Waals surface area contributed by atoms with Crippen LogP contribution in [0.1, 0.15) is 32.6 Å². The third-order valence-electron chi connectivity index (χ3n) is 4.75. The standard InChI is InChI=1S/C12H23N3O3.C8H10O2/c1-3-10-8-15(11(16)4-5-13-2)7-6-14(10)9-12(17)18;9-7-10-6-8-4-2-1-3-5-8/h10,13H,3-9H2,1-2H3,(H,17,18);2,4-5,7H,1,3,6H2. The maximum Gasteiger partial charge on any atom is 0.317 e. The van der Waals surface area contributed by atoms with E-state index in [9.17, 15) is 14.4 Å². The number of carbonyl (C=O) groups excluding carboxylic acids is 2. The number of nitrogens with one attached hydrogen (secondary N) is 1. The molecule has 0 bridgehead atoms. The molecule has 1 aliphatic heterocycles. The van der Waals surface area contributed by atoms with E-state index in [4.69, 9.17) is 5.11 Å². The molecule has 28 heavy (non-hydrogen) atoms. The molecule has 1 atom stereocenters. The van der Waals surface area contributed by atoms with E-state index in [-0.39, 0.29) is 18.5 Å². The molecule has 0 aromatic heterocycles. The van der Waals surface area contributed by atoms with Gasteiger partial charge in [-0.15, -0.1) is 0 Å². The van der Waals surface area contributed by atoms with E-state index < -0.39 is 5.97 Å². The molecule has 2 rings (SSSR count). The van der Waals surface area contributed by atoms with Gasteiger partial charge in [0.15, 0.2) is 0 Å². The fourth-order valence-electron chi connectivity index (χ4n) is 3.18. The molecular weight excluding hydrogens is 362 g/mol. The number of amides is 1. The van der Waals surface area contributed by atoms with Crippen LogP contribution in [0.15, 0.2) is 23.8 Å². The minimum Gasteiger partial charge on any atom is -0.480 e. The maximum absolute atomic E-state index is 11.9. The highest BCUT2D eigenvalue weighted by molar-refractivity contribution is 5.76. The minimum absolute atomic E-state index is 0.0665. The monoisotopic (exact) mass is 395 g/mol. The first-order valence-electron chi connectivity index (χ1n) is 9.80. The Labute approximate surface area is 167 Å². The number of carboxylic acids is 1. The summed E-state index contributed by atoms with van der Waals surface area (Å²) in [5, 5.41) is 11.8. The van der Waals surface area contributed by atoms with Gasteiger partial charge in [-0.3, -0.25) is 19.3 Å². The Morgan fingerprint density at radius 1 is 1.36 bits per heavy atom. The van der Waals surface area contributed by atoms with Gasteiger partial charge in [-0.2, -0.15) is 0 Å². The molecule has 8 nitrogen and oxygen atoms in total. The second-order valence-corrected chi connectivity index (χ2v) is 6.79. The smallest absolute Gasteiger partial charge is 0.317 e. The van der Waals surface area contributed by atoms with E-state index in [1.54, 1.807) is 0 Å². The van der Waals surface area contributed by atoms with Crippen molar-refractivity contribution in [3.05, 3.63) is 23.8 Å². The number of nitrogens with zero attached hydrogens (tertiary/aromatic N) is 2. The van der Waals surface area contributed by atoms with E-state index >= 15 is 0 Å². The van der Waals surface area contributed by atoms with Gasteiger partial charge in [-0.25, -0.2) is 0 Å². The Hall–Kier alpha value is -2.19. The highest BCUT2D eigenvalue weighted by Crippen LogP contribution is 2.13. The zero-order chi connectivity index (χ0) is 20.8. The summed E-state index contributed by atoms with van der Waals surface area (Å²) in [5.74, 6) is -0.652. The zero-order valence-corrected chi connectivity index (χ0v) is 16.9. The van der Waals surface area contributed by atoms with Crippen molar-refractivity contribution in [1.82, 2.24) is 15.1 Å². The number of aliphatic carboxylic acids is 1. The van der Waals surface area contributed by atoms with Gasteiger partial charge < -0.3 is 20.1 Å². The van der Waals surface area contributed by atoms with E-state index in [0.29, 0.717) is 45.7 Å². The Balaban J connectivity index is 0.000000330. The van der Waals surface area contributed by atoms with Crippen molar-refractivity contribution in [1.29, 1.82) is 0 Å². The van der Waals surface area contributed by atoms with Gasteiger partial charge in [0.25, 0.3) is 6.47 Å². The van der Waals surface area contributed by atoms with Crippen LogP contribution in [-0.2, 0) is 19.1 Å². The summed E-state index contributed by atoms with van der Waals surface area (Å²) in [6.45, 7) is 5.60. The maximum atomic E-state index is 11.9. The van der Waals surface area contributed by atoms with E-state index in [1.807, 2.05) is 29.8 Å². The van der Waals surface area contributed by atoms with E-state index in [1.165, 1.54) is 0 Å². The molecule has 1 amide bonds. The number of ether oxygens (including phenoxy) is 1. The fourth-order valence-corrected chi connectivity index (χ4v) is 3.18. The lowest BCUT2D eigenvalue weighted by molar-refractivity contribution is -0.141. The largest absolute Gasteiger partial charge is 0.480 e. The highest BCUT2D eigenvalue weighted by atomic mass is 16.5. The van der Waals surface area contributed by atoms with Crippen LogP contribution >= 0.6 is 0 Å². The Bertz CT molecular complexity index is 562. The van der Waals surface area contributed by atoms with Gasteiger partial charge in [-0.05, 0) is 31.9 Å². The number of rotatable bonds is 9. The molecule has 1 heterocycles. The molecule has 2 aliphatic rings. The fraction of sp³-hybridized carbons (Fsp3) is 0.650. The first-order valence-corrected chi connectivity index (χ1v) is 9.80. The molecule has 0 aromatic rings. The number of hydrogen-bond acceptors (Lipinski definition) is 6. The lowest BCUT2D eigenvalue weighted by atomic mass is 10.1. The van der Waals surface area contributed by atoms with Crippen molar-refractivity contribution in [2.45, 2.75) is 38.6 Å². The number of piperazine rings is 1. The van der Waals surface area contributed by atoms with Crippen molar-refractivity contribution >= 4 is 18.3 Å². The lowest BCUT2D eigenvalue weighted by Crippen LogP contribution is -2.55. The van der Waals surface area contributed by atoms with Crippen molar-refractivity contribution in [2.75, 3.05) is 46.4 Å². The van der Waals surface area contributed by atoms with Gasteiger partial charge in [0.1, 0.15) is 6.61 Å². The number of carbonyl (C=O) groups is 3. The molecule has 2 N–H and O–H groups in total. The van der Waals surface area contributed by atoms with Gasteiger partial charge in [0.05, 0.1) is 6.54 Å². The summed E-state index contributed by atoms with van der Waals surface area (Å²) >= 11 is 0. The number of allylic oxidation sites excluding steroid dienone is 2. The van der Waals surface area contributed by atoms with Gasteiger partial charge in [0.2, 0.25) is 5.91 Å². The topological polar surface area (TPSA) is 99.2 Å². The second-order valence-electron chi connectivity index (χ2n) is 6.79. The van der Waals surface area contributed by atoms with Crippen molar-refractivity contribution in [3.63, 3.8) is 0 Å². The molecular formula is C20H33N3O5. The molecule has 158 valence electrons. The highest BCUT2D eigenvalue weighted by Gasteiger charge is 2.29. The van der Waals surface area contributed by atoms with Crippen molar-refractivity contribution in [3.8, 4) is 0 Å². The summed E-state index contributed by atoms with van der Waals surface area (Å²) in [7, 11) is 1.83. The molecule has 1 fully saturated rings. The predicted octanol–water partition coefficient (Wildman–Crippen LogP) is 1.04. The van der Waals surface area contributed by atoms with Gasteiger partial charge >= 0.3 is 5.97 Å². The van der Waals surface area contributed by atoms with Crippen LogP contribution in [0.3, 0.4) is 0 Å². The van der Waals surface area contributed by atoms with Gasteiger partial charge in [0, 0.05) is 38.6 Å². The Morgan fingerprint density at radius 3 is 2.71 bits per heavy atom. The summed E-state index contributed by atoms with van der Waals surface area (Å²) < 4.78 is 4.57. The summed E-state index contributed by atoms with van der Waals surface area (Å²) in [6.07, 6.45) is 9.70. The molecule has 0 aromatic carbocycles. The predicted molar refractivity (Wildman–Crippen MR) is 107 cm³/mol. The third-order valence-corrected chi connectivity index (χ3v) is 4.75. The van der Waals surface area contributed by atoms with E-state index in [0.717, 1.165) is 24.8 Å². The molecule has 0 radical (unpaired) electrons. The molecule has 0 spiro atoms. The minimum atomic E-state index is -0.802. The molecule has 1 aliphatic carbocycles. The van der Waals surface area contributed by atoms with Crippen LogP contribution in [0.5, 0.6) is 0 Å². The quantitative estimate of drug-likeness (QED) is 0.563. The number of carboxylic acid groups (broad SMARTS) is 1. The molecule has 1 unspecified atom stereocenters. The zero-order valence-electron chi connectivity index (χ0n) is 16.9. The van der Waals surface area contributed by atoms with Crippen LogP contribution in [0, 0.1) is 0 Å². The summed E-state index contributed by atoms with van der Waals surface area (Å²) in [6, 6.07) is 0.161. The van der Waals surface area contributed by atoms with Crippen LogP contribution < -0.4 is 5.32 Å². The molecule has 1 saturated heterocycles. The second kappa shape index (κ2) is 13.9. The molecule has 0 saturated carbocycles. The lowest BCUT2D eigenvalue weighted by Gasteiger charge is -2.40. The normalized spacial score (nSPS) is 19.3. The van der Waals surface area contributed by atoms with Crippen molar-refractivity contribution in [2.24, 2.45) is 0 Å². The summed E-state index contributed by atoms with van der Waals surface area (Å²) in [5.41, 5.74) is 1.10.